The largest absolute Gasteiger partial charge is 0.469 e. The van der Waals surface area contributed by atoms with Gasteiger partial charge in [0, 0.05) is 34.7 Å². The third-order valence-corrected chi connectivity index (χ3v) is 4.59. The monoisotopic (exact) mass is 410 g/mol. The minimum Gasteiger partial charge on any atom is -0.366 e. The maximum absolute atomic E-state index is 12.5. The lowest BCUT2D eigenvalue weighted by atomic mass is 10.1. The normalized spacial score (nSPS) is 13.5. The van der Waals surface area contributed by atoms with Crippen LogP contribution in [0.1, 0.15) is 39.6 Å². The third-order valence-electron chi connectivity index (χ3n) is 4.59. The topological polar surface area (TPSA) is 116 Å². The van der Waals surface area contributed by atoms with Gasteiger partial charge >= 0.3 is 12.2 Å². The van der Waals surface area contributed by atoms with Crippen molar-refractivity contribution in [2.45, 2.75) is 13.3 Å². The predicted octanol–water partition coefficient (Wildman–Crippen LogP) is 1.57. The number of nitrogens with two attached hydrogens (primary N) is 1. The first-order valence-corrected chi connectivity index (χ1v) is 9.56. The molecule has 0 unspecified atom stereocenters. The van der Waals surface area contributed by atoms with E-state index in [9.17, 15) is 9.59 Å². The highest BCUT2D eigenvalue weighted by Gasteiger charge is 2.35. The average Bonchev–Trinajstić information content (AvgIpc) is 3.20. The van der Waals surface area contributed by atoms with Crippen LogP contribution in [-0.2, 0) is 0 Å². The van der Waals surface area contributed by atoms with Crippen molar-refractivity contribution in [2.75, 3.05) is 5.32 Å². The summed E-state index contributed by atoms with van der Waals surface area (Å²) in [5, 5.41) is 6.95. The number of hydrogen-bond donors (Lipinski definition) is 2. The van der Waals surface area contributed by atoms with Crippen LogP contribution in [0, 0.1) is 11.8 Å². The number of primary amides is 1. The van der Waals surface area contributed by atoms with Gasteiger partial charge in [-0.3, -0.25) is 9.59 Å². The second-order valence-corrected chi connectivity index (χ2v) is 6.71. The van der Waals surface area contributed by atoms with Gasteiger partial charge in [-0.2, -0.15) is 0 Å². The second-order valence-electron chi connectivity index (χ2n) is 6.71. The van der Waals surface area contributed by atoms with Crippen molar-refractivity contribution >= 4 is 35.4 Å². The van der Waals surface area contributed by atoms with Gasteiger partial charge in [-0.25, -0.2) is 4.67 Å². The summed E-state index contributed by atoms with van der Waals surface area (Å²) < 4.78 is 4.35. The van der Waals surface area contributed by atoms with E-state index in [0.717, 1.165) is 12.1 Å². The first kappa shape index (κ1) is 19.6. The van der Waals surface area contributed by atoms with Crippen LogP contribution in [0.4, 0.5) is 5.69 Å². The average molecular weight is 410 g/mol. The number of carbonyl (C=O) groups excluding carboxylic acids is 2. The number of benzene rings is 2. The zero-order chi connectivity index (χ0) is 21.8. The molecular weight excluding hydrogens is 392 g/mol. The maximum Gasteiger partial charge on any atom is 0.469 e. The third kappa shape index (κ3) is 4.34. The number of nitrogens with one attached hydrogen (secondary N) is 1. The highest BCUT2D eigenvalue weighted by Crippen LogP contribution is 2.14. The van der Waals surface area contributed by atoms with Gasteiger partial charge in [0.25, 0.3) is 11.7 Å². The van der Waals surface area contributed by atoms with Crippen LogP contribution in [0.25, 0.3) is 0 Å². The van der Waals surface area contributed by atoms with Crippen LogP contribution < -0.4 is 15.7 Å². The Balaban J connectivity index is 1.47. The molecule has 0 saturated carbocycles. The van der Waals surface area contributed by atoms with E-state index in [1.807, 2.05) is 19.1 Å². The van der Waals surface area contributed by atoms with E-state index in [2.05, 4.69) is 31.7 Å². The second kappa shape index (κ2) is 8.36. The molecule has 3 N–H and O–H groups in total. The van der Waals surface area contributed by atoms with Gasteiger partial charge in [-0.05, 0) is 42.5 Å². The lowest BCUT2D eigenvalue weighted by Crippen LogP contribution is -2.29. The first-order valence-electron chi connectivity index (χ1n) is 9.56. The molecule has 150 valence electrons. The molecule has 4 rings (SSSR count). The molecule has 2 amide bonds. The van der Waals surface area contributed by atoms with Gasteiger partial charge in [0.1, 0.15) is 0 Å². The number of rotatable bonds is 4. The number of fused-ring (bicyclic) bond motifs is 1. The summed E-state index contributed by atoms with van der Waals surface area (Å²) in [4.78, 5) is 29.5. The molecule has 0 saturated heterocycles. The molecule has 0 fully saturated rings. The molecule has 0 aromatic heterocycles. The molecule has 8 heteroatoms. The molecule has 2 aliphatic rings. The molecular formula is C23H18N6O2+2. The zero-order valence-electron chi connectivity index (χ0n) is 16.7. The number of amidine groups is 1. The Morgan fingerprint density at radius 2 is 1.90 bits per heavy atom. The van der Waals surface area contributed by atoms with Crippen molar-refractivity contribution in [2.24, 2.45) is 10.8 Å². The quantitative estimate of drug-likeness (QED) is 0.589. The smallest absolute Gasteiger partial charge is 0.366 e. The fourth-order valence-corrected chi connectivity index (χ4v) is 2.90. The fraction of sp³-hybridized carbons (Fsp3) is 0.0870. The van der Waals surface area contributed by atoms with E-state index in [4.69, 9.17) is 5.73 Å². The van der Waals surface area contributed by atoms with E-state index in [0.29, 0.717) is 34.0 Å². The molecule has 2 heterocycles. The van der Waals surface area contributed by atoms with Gasteiger partial charge in [0.05, 0.1) is 11.2 Å². The van der Waals surface area contributed by atoms with E-state index in [-0.39, 0.29) is 5.91 Å². The molecule has 0 atom stereocenters. The Bertz CT molecular complexity index is 1310. The number of allylic oxidation sites excluding steroid dienone is 1. The highest BCUT2D eigenvalue weighted by atomic mass is 16.2. The molecule has 2 aromatic carbocycles. The number of hydrogen-bond acceptors (Lipinski definition) is 4. The van der Waals surface area contributed by atoms with Crippen molar-refractivity contribution in [1.29, 1.82) is 0 Å². The van der Waals surface area contributed by atoms with Crippen LogP contribution >= 0.6 is 0 Å². The Hall–Kier alpha value is -4.69. The van der Waals surface area contributed by atoms with Crippen molar-refractivity contribution in [3.05, 3.63) is 77.1 Å². The minimum absolute atomic E-state index is 0.303. The molecule has 8 nitrogen and oxygen atoms in total. The lowest BCUT2D eigenvalue weighted by Gasteiger charge is -2.06. The van der Waals surface area contributed by atoms with Gasteiger partial charge < -0.3 is 11.1 Å². The van der Waals surface area contributed by atoms with Crippen LogP contribution in [0.3, 0.4) is 0 Å². The number of anilines is 1. The molecule has 2 aromatic rings. The Labute approximate surface area is 178 Å². The van der Waals surface area contributed by atoms with E-state index < -0.39 is 5.91 Å². The SMILES string of the molecule is CCC1=[N+]=CN2C(=C1)N=[N+]=C2C#Cc1cccc(NC(=O)c2ccc(C(N)=O)cc2)c1. The Kier molecular flexibility index (Phi) is 5.29. The summed E-state index contributed by atoms with van der Waals surface area (Å²) in [6.45, 7) is 2.03. The van der Waals surface area contributed by atoms with Crippen molar-refractivity contribution in [3.63, 3.8) is 0 Å². The van der Waals surface area contributed by atoms with Crippen molar-refractivity contribution in [1.82, 2.24) is 9.57 Å². The minimum atomic E-state index is -0.541. The van der Waals surface area contributed by atoms with E-state index >= 15 is 0 Å². The standard InChI is InChI=1S/C23H16N6O2/c1-2-18-13-21-28-27-20(29(21)14-25-18)11-6-15-4-3-5-19(12-15)26-23(31)17-9-7-16(8-10-17)22(24)30/h3-5,7-10,12-14H,2H2,1H3,(H-2,24,26,30,31)/p+2. The van der Waals surface area contributed by atoms with Crippen LogP contribution in [0.5, 0.6) is 0 Å². The zero-order valence-corrected chi connectivity index (χ0v) is 16.7. The Morgan fingerprint density at radius 1 is 1.13 bits per heavy atom. The fourth-order valence-electron chi connectivity index (χ4n) is 2.90. The maximum atomic E-state index is 12.5. The van der Waals surface area contributed by atoms with Gasteiger partial charge in [-0.15, -0.1) is 4.90 Å². The lowest BCUT2D eigenvalue weighted by molar-refractivity contribution is -0.0718. The van der Waals surface area contributed by atoms with E-state index in [1.165, 1.54) is 12.1 Å². The van der Waals surface area contributed by atoms with Crippen LogP contribution in [0.15, 0.2) is 65.5 Å². The number of nitrogens with zero attached hydrogens (tertiary/aromatic N) is 4. The van der Waals surface area contributed by atoms with Crippen LogP contribution in [-0.4, -0.2) is 39.4 Å². The summed E-state index contributed by atoms with van der Waals surface area (Å²) in [5.74, 6) is 6.36. The number of amides is 2. The highest BCUT2D eigenvalue weighted by molar-refractivity contribution is 6.07. The van der Waals surface area contributed by atoms with Crippen molar-refractivity contribution < 1.29 is 14.4 Å². The molecule has 0 spiro atoms. The molecule has 0 radical (unpaired) electrons. The summed E-state index contributed by atoms with van der Waals surface area (Å²) in [5.41, 5.74) is 8.21. The predicted molar refractivity (Wildman–Crippen MR) is 117 cm³/mol. The molecule has 2 aliphatic heterocycles. The van der Waals surface area contributed by atoms with Crippen LogP contribution in [0.2, 0.25) is 0 Å². The Morgan fingerprint density at radius 3 is 2.65 bits per heavy atom. The first-order chi connectivity index (χ1) is 15.0. The summed E-state index contributed by atoms with van der Waals surface area (Å²) in [6, 6.07) is 13.3. The summed E-state index contributed by atoms with van der Waals surface area (Å²) in [6.07, 6.45) is 4.36. The van der Waals surface area contributed by atoms with E-state index in [1.54, 1.807) is 41.6 Å². The summed E-state index contributed by atoms with van der Waals surface area (Å²) in [7, 11) is 0. The number of carbonyl (C=O) groups is 2. The summed E-state index contributed by atoms with van der Waals surface area (Å²) >= 11 is 0. The van der Waals surface area contributed by atoms with Crippen molar-refractivity contribution in [3.8, 4) is 11.8 Å². The van der Waals surface area contributed by atoms with Gasteiger partial charge in [-0.1, -0.05) is 23.7 Å². The molecule has 0 aliphatic carbocycles. The van der Waals surface area contributed by atoms with Gasteiger partial charge in [0.2, 0.25) is 11.6 Å². The molecule has 31 heavy (non-hydrogen) atoms. The van der Waals surface area contributed by atoms with Gasteiger partial charge in [0.15, 0.2) is 0 Å². The molecule has 0 bridgehead atoms.